The van der Waals surface area contributed by atoms with E-state index in [1.165, 1.54) is 17.7 Å². The number of ether oxygens (including phenoxy) is 1. The van der Waals surface area contributed by atoms with Crippen LogP contribution in [0.1, 0.15) is 98.6 Å². The van der Waals surface area contributed by atoms with E-state index < -0.39 is 18.2 Å². The van der Waals surface area contributed by atoms with E-state index in [1.54, 1.807) is 13.0 Å². The number of rotatable bonds is 13. The van der Waals surface area contributed by atoms with Crippen LogP contribution in [-0.4, -0.2) is 29.2 Å². The van der Waals surface area contributed by atoms with Gasteiger partial charge in [0.15, 0.2) is 12.3 Å². The smallest absolute Gasteiger partial charge is 0.265 e. The predicted molar refractivity (Wildman–Crippen MR) is 153 cm³/mol. The Hall–Kier alpha value is -3.09. The highest BCUT2D eigenvalue weighted by molar-refractivity contribution is 5.97. The summed E-state index contributed by atoms with van der Waals surface area (Å²) in [5.41, 5.74) is 2.60. The molecule has 0 radical (unpaired) electrons. The zero-order valence-corrected chi connectivity index (χ0v) is 24.2. The van der Waals surface area contributed by atoms with Gasteiger partial charge in [-0.25, -0.2) is 4.39 Å². The van der Waals surface area contributed by atoms with Crippen molar-refractivity contribution < 1.29 is 23.8 Å². The van der Waals surface area contributed by atoms with Crippen molar-refractivity contribution in [3.63, 3.8) is 0 Å². The van der Waals surface area contributed by atoms with Crippen molar-refractivity contribution in [2.24, 2.45) is 0 Å². The molecule has 0 saturated heterocycles. The second kappa shape index (κ2) is 13.1. The summed E-state index contributed by atoms with van der Waals surface area (Å²) in [7, 11) is 0. The summed E-state index contributed by atoms with van der Waals surface area (Å²) in [6, 6.07) is 10.5. The molecule has 0 spiro atoms. The average Bonchev–Trinajstić information content (AvgIpc) is 2.88. The van der Waals surface area contributed by atoms with Gasteiger partial charge in [0, 0.05) is 17.3 Å². The molecular weight excluding hydrogens is 483 g/mol. The monoisotopic (exact) mass is 528 g/mol. The number of anilines is 2. The van der Waals surface area contributed by atoms with Gasteiger partial charge in [-0.3, -0.25) is 9.59 Å². The molecule has 38 heavy (non-hydrogen) atoms. The molecule has 0 aromatic heterocycles. The summed E-state index contributed by atoms with van der Waals surface area (Å²) >= 11 is 0. The zero-order valence-electron chi connectivity index (χ0n) is 24.2. The first-order valence-electron chi connectivity index (χ1n) is 13.7. The van der Waals surface area contributed by atoms with E-state index >= 15 is 0 Å². The van der Waals surface area contributed by atoms with Crippen LogP contribution in [0.5, 0.6) is 11.5 Å². The molecule has 2 unspecified atom stereocenters. The van der Waals surface area contributed by atoms with E-state index in [9.17, 15) is 19.1 Å². The number of aromatic hydroxyl groups is 1. The highest BCUT2D eigenvalue weighted by Gasteiger charge is 2.29. The SMILES string of the molecule is CCCC(F)C(=O)Nc1ccc(NC(=O)C(CC)Oc2ccc(C(C)(C)CC)cc2C(C)(C)CC)cc1O. The molecule has 0 aliphatic rings. The molecule has 2 atom stereocenters. The van der Waals surface area contributed by atoms with Crippen molar-refractivity contribution >= 4 is 23.2 Å². The van der Waals surface area contributed by atoms with Crippen molar-refractivity contribution in [3.8, 4) is 11.5 Å². The molecule has 210 valence electrons. The number of amides is 2. The highest BCUT2D eigenvalue weighted by atomic mass is 19.1. The maximum Gasteiger partial charge on any atom is 0.265 e. The Morgan fingerprint density at radius 2 is 1.58 bits per heavy atom. The largest absolute Gasteiger partial charge is 0.506 e. The number of phenols is 1. The van der Waals surface area contributed by atoms with E-state index in [0.717, 1.165) is 18.4 Å². The zero-order chi connectivity index (χ0) is 28.7. The molecule has 2 rings (SSSR count). The lowest BCUT2D eigenvalue weighted by molar-refractivity contribution is -0.123. The van der Waals surface area contributed by atoms with E-state index in [1.807, 2.05) is 13.0 Å². The summed E-state index contributed by atoms with van der Waals surface area (Å²) in [6.07, 6.45) is 0.587. The number of hydrogen-bond donors (Lipinski definition) is 3. The fourth-order valence-corrected chi connectivity index (χ4v) is 3.99. The fourth-order valence-electron chi connectivity index (χ4n) is 3.99. The summed E-state index contributed by atoms with van der Waals surface area (Å²) in [6.45, 7) is 16.8. The van der Waals surface area contributed by atoms with Crippen LogP contribution in [0.2, 0.25) is 0 Å². The molecule has 6 nitrogen and oxygen atoms in total. The van der Waals surface area contributed by atoms with Gasteiger partial charge in [0.2, 0.25) is 0 Å². The Morgan fingerprint density at radius 1 is 0.921 bits per heavy atom. The Labute approximate surface area is 227 Å². The quantitative estimate of drug-likeness (QED) is 0.233. The molecule has 2 aromatic carbocycles. The van der Waals surface area contributed by atoms with Crippen molar-refractivity contribution in [2.75, 3.05) is 10.6 Å². The molecule has 0 heterocycles. The average molecular weight is 529 g/mol. The molecule has 0 aliphatic carbocycles. The van der Waals surface area contributed by atoms with E-state index in [-0.39, 0.29) is 34.6 Å². The van der Waals surface area contributed by atoms with Crippen molar-refractivity contribution in [1.82, 2.24) is 0 Å². The van der Waals surface area contributed by atoms with E-state index in [0.29, 0.717) is 24.3 Å². The van der Waals surface area contributed by atoms with Gasteiger partial charge in [-0.15, -0.1) is 0 Å². The fraction of sp³-hybridized carbons (Fsp3) is 0.548. The summed E-state index contributed by atoms with van der Waals surface area (Å²) in [4.78, 5) is 25.1. The standard InChI is InChI=1S/C31H45FN2O4/c1-9-13-23(32)28(36)34-24-16-15-21(19-25(24)35)33-29(37)26(10-2)38-27-17-14-20(30(5,6)11-3)18-22(27)31(7,8)12-4/h14-19,23,26,35H,9-13H2,1-8H3,(H,33,37)(H,34,36). The molecule has 0 aliphatic heterocycles. The molecule has 0 fully saturated rings. The molecule has 7 heteroatoms. The lowest BCUT2D eigenvalue weighted by atomic mass is 9.76. The van der Waals surface area contributed by atoms with Crippen LogP contribution >= 0.6 is 0 Å². The van der Waals surface area contributed by atoms with Gasteiger partial charge < -0.3 is 20.5 Å². The van der Waals surface area contributed by atoms with Gasteiger partial charge in [0.1, 0.15) is 11.5 Å². The van der Waals surface area contributed by atoms with Gasteiger partial charge in [0.05, 0.1) is 5.69 Å². The molecule has 2 amide bonds. The Balaban J connectivity index is 2.24. The van der Waals surface area contributed by atoms with Gasteiger partial charge in [0.25, 0.3) is 11.8 Å². The van der Waals surface area contributed by atoms with Crippen molar-refractivity contribution in [3.05, 3.63) is 47.5 Å². The number of hydrogen-bond acceptors (Lipinski definition) is 4. The third kappa shape index (κ3) is 7.71. The summed E-state index contributed by atoms with van der Waals surface area (Å²) < 4.78 is 20.1. The Kier molecular flexibility index (Phi) is 10.7. The number of benzene rings is 2. The first-order chi connectivity index (χ1) is 17.8. The Bertz CT molecular complexity index is 1110. The highest BCUT2D eigenvalue weighted by Crippen LogP contribution is 2.39. The van der Waals surface area contributed by atoms with Gasteiger partial charge in [-0.1, -0.05) is 73.9 Å². The first-order valence-corrected chi connectivity index (χ1v) is 13.7. The van der Waals surface area contributed by atoms with Crippen LogP contribution in [0.15, 0.2) is 36.4 Å². The topological polar surface area (TPSA) is 87.7 Å². The minimum atomic E-state index is -1.65. The van der Waals surface area contributed by atoms with Crippen molar-refractivity contribution in [2.45, 2.75) is 111 Å². The number of nitrogens with one attached hydrogen (secondary N) is 2. The third-order valence-electron chi connectivity index (χ3n) is 7.54. The number of halogens is 1. The second-order valence-corrected chi connectivity index (χ2v) is 11.2. The number of phenolic OH excluding ortho intramolecular Hbond substituents is 1. The maximum atomic E-state index is 13.8. The molecule has 2 aromatic rings. The number of carbonyl (C=O) groups excluding carboxylic acids is 2. The lowest BCUT2D eigenvalue weighted by Crippen LogP contribution is -2.33. The van der Waals surface area contributed by atoms with Crippen LogP contribution < -0.4 is 15.4 Å². The Morgan fingerprint density at radius 3 is 2.13 bits per heavy atom. The number of carbonyl (C=O) groups is 2. The van der Waals surface area contributed by atoms with Gasteiger partial charge in [-0.05, 0) is 60.3 Å². The predicted octanol–water partition coefficient (Wildman–Crippen LogP) is 7.64. The van der Waals surface area contributed by atoms with Gasteiger partial charge in [-0.2, -0.15) is 0 Å². The normalized spacial score (nSPS) is 13.5. The summed E-state index contributed by atoms with van der Waals surface area (Å²) in [5.74, 6) is -0.746. The van der Waals surface area contributed by atoms with Crippen LogP contribution in [0.4, 0.5) is 15.8 Å². The van der Waals surface area contributed by atoms with Gasteiger partial charge >= 0.3 is 0 Å². The molecule has 0 bridgehead atoms. The molecular formula is C31H45FN2O4. The first kappa shape index (κ1) is 31.1. The second-order valence-electron chi connectivity index (χ2n) is 11.2. The molecule has 0 saturated carbocycles. The summed E-state index contributed by atoms with van der Waals surface area (Å²) in [5, 5.41) is 15.5. The number of alkyl halides is 1. The maximum absolute atomic E-state index is 13.8. The van der Waals surface area contributed by atoms with E-state index in [2.05, 4.69) is 64.3 Å². The van der Waals surface area contributed by atoms with Crippen LogP contribution in [-0.2, 0) is 20.4 Å². The lowest BCUT2D eigenvalue weighted by Gasteiger charge is -2.31. The van der Waals surface area contributed by atoms with Crippen LogP contribution in [0, 0.1) is 0 Å². The minimum Gasteiger partial charge on any atom is -0.506 e. The van der Waals surface area contributed by atoms with Crippen molar-refractivity contribution in [1.29, 1.82) is 0 Å². The molecule has 3 N–H and O–H groups in total. The van der Waals surface area contributed by atoms with Crippen LogP contribution in [0.3, 0.4) is 0 Å². The third-order valence-corrected chi connectivity index (χ3v) is 7.54. The van der Waals surface area contributed by atoms with E-state index in [4.69, 9.17) is 4.74 Å². The van der Waals surface area contributed by atoms with Crippen LogP contribution in [0.25, 0.3) is 0 Å². The minimum absolute atomic E-state index is 0.0212.